The summed E-state index contributed by atoms with van der Waals surface area (Å²) in [6, 6.07) is 0.811. The summed E-state index contributed by atoms with van der Waals surface area (Å²) in [5.74, 6) is 0. The van der Waals surface area contributed by atoms with Gasteiger partial charge >= 0.3 is 0 Å². The third kappa shape index (κ3) is 5.80. The Labute approximate surface area is 99.9 Å². The summed E-state index contributed by atoms with van der Waals surface area (Å²) in [6.45, 7) is 9.42. The predicted octanol–water partition coefficient (Wildman–Crippen LogP) is -0.00130. The molecule has 0 unspecified atom stereocenters. The van der Waals surface area contributed by atoms with Crippen molar-refractivity contribution in [3.8, 4) is 0 Å². The van der Waals surface area contributed by atoms with Gasteiger partial charge in [0.15, 0.2) is 0 Å². The maximum absolute atomic E-state index is 5.54. The second-order valence-corrected chi connectivity index (χ2v) is 4.55. The van der Waals surface area contributed by atoms with Crippen molar-refractivity contribution >= 4 is 0 Å². The highest BCUT2D eigenvalue weighted by atomic mass is 15.1. The minimum absolute atomic E-state index is 0.761. The SMILES string of the molecule is CCN(CCN)CCNCCNC1CCC1. The van der Waals surface area contributed by atoms with Crippen molar-refractivity contribution in [2.75, 3.05) is 45.8 Å². The highest BCUT2D eigenvalue weighted by Gasteiger charge is 2.15. The summed E-state index contributed by atoms with van der Waals surface area (Å²) < 4.78 is 0. The van der Waals surface area contributed by atoms with E-state index in [1.165, 1.54) is 19.3 Å². The second kappa shape index (κ2) is 8.93. The van der Waals surface area contributed by atoms with Gasteiger partial charge in [-0.05, 0) is 19.4 Å². The molecule has 0 heterocycles. The van der Waals surface area contributed by atoms with Crippen LogP contribution in [-0.2, 0) is 0 Å². The Morgan fingerprint density at radius 2 is 2.00 bits per heavy atom. The molecule has 0 atom stereocenters. The summed E-state index contributed by atoms with van der Waals surface area (Å²) >= 11 is 0. The summed E-state index contributed by atoms with van der Waals surface area (Å²) in [4.78, 5) is 2.38. The molecular formula is C12H28N4. The topological polar surface area (TPSA) is 53.3 Å². The summed E-state index contributed by atoms with van der Waals surface area (Å²) in [5.41, 5.74) is 5.54. The maximum atomic E-state index is 5.54. The largest absolute Gasteiger partial charge is 0.329 e. The van der Waals surface area contributed by atoms with E-state index in [0.717, 1.165) is 51.9 Å². The molecule has 96 valence electrons. The molecule has 0 aliphatic heterocycles. The van der Waals surface area contributed by atoms with Crippen LogP contribution in [0.2, 0.25) is 0 Å². The summed E-state index contributed by atoms with van der Waals surface area (Å²) in [5, 5.41) is 7.02. The molecule has 1 saturated carbocycles. The van der Waals surface area contributed by atoms with Crippen molar-refractivity contribution < 1.29 is 0 Å². The zero-order valence-corrected chi connectivity index (χ0v) is 10.7. The van der Waals surface area contributed by atoms with Crippen LogP contribution in [0.1, 0.15) is 26.2 Å². The van der Waals surface area contributed by atoms with Crippen LogP contribution in [0.3, 0.4) is 0 Å². The van der Waals surface area contributed by atoms with Crippen LogP contribution in [-0.4, -0.2) is 56.8 Å². The van der Waals surface area contributed by atoms with Gasteiger partial charge in [0.25, 0.3) is 0 Å². The molecule has 16 heavy (non-hydrogen) atoms. The average molecular weight is 228 g/mol. The first kappa shape index (κ1) is 13.9. The van der Waals surface area contributed by atoms with Crippen molar-refractivity contribution in [1.82, 2.24) is 15.5 Å². The number of hydrogen-bond donors (Lipinski definition) is 3. The Morgan fingerprint density at radius 1 is 1.19 bits per heavy atom. The Hall–Kier alpha value is -0.160. The number of nitrogens with zero attached hydrogens (tertiary/aromatic N) is 1. The zero-order valence-electron chi connectivity index (χ0n) is 10.7. The molecule has 4 N–H and O–H groups in total. The van der Waals surface area contributed by atoms with Gasteiger partial charge in [-0.1, -0.05) is 13.3 Å². The molecule has 0 radical (unpaired) electrons. The molecule has 0 aromatic heterocycles. The van der Waals surface area contributed by atoms with Gasteiger partial charge in [-0.15, -0.1) is 0 Å². The van der Waals surface area contributed by atoms with E-state index in [1.807, 2.05) is 0 Å². The molecule has 1 aliphatic rings. The molecule has 1 fully saturated rings. The van der Waals surface area contributed by atoms with Gasteiger partial charge in [-0.3, -0.25) is 0 Å². The molecule has 0 amide bonds. The van der Waals surface area contributed by atoms with Gasteiger partial charge < -0.3 is 21.3 Å². The molecule has 0 bridgehead atoms. The smallest absolute Gasteiger partial charge is 0.0107 e. The van der Waals surface area contributed by atoms with Crippen molar-refractivity contribution in [1.29, 1.82) is 0 Å². The monoisotopic (exact) mass is 228 g/mol. The number of likely N-dealkylation sites (N-methyl/N-ethyl adjacent to an activating group) is 1. The van der Waals surface area contributed by atoms with Crippen molar-refractivity contribution in [3.63, 3.8) is 0 Å². The molecule has 4 nitrogen and oxygen atoms in total. The highest BCUT2D eigenvalue weighted by molar-refractivity contribution is 4.76. The van der Waals surface area contributed by atoms with Gasteiger partial charge in [-0.25, -0.2) is 0 Å². The number of nitrogens with two attached hydrogens (primary N) is 1. The Kier molecular flexibility index (Phi) is 7.76. The van der Waals surface area contributed by atoms with E-state index in [1.54, 1.807) is 0 Å². The summed E-state index contributed by atoms with van der Waals surface area (Å²) in [7, 11) is 0. The minimum Gasteiger partial charge on any atom is -0.329 e. The molecule has 1 rings (SSSR count). The number of rotatable bonds is 10. The summed E-state index contributed by atoms with van der Waals surface area (Å²) in [6.07, 6.45) is 4.16. The van der Waals surface area contributed by atoms with E-state index >= 15 is 0 Å². The standard InChI is InChI=1S/C12H28N4/c1-2-16(10-6-13)11-9-14-7-8-15-12-4-3-5-12/h12,14-15H,2-11,13H2,1H3. The third-order valence-electron chi connectivity index (χ3n) is 3.34. The van der Waals surface area contributed by atoms with E-state index in [-0.39, 0.29) is 0 Å². The third-order valence-corrected chi connectivity index (χ3v) is 3.34. The van der Waals surface area contributed by atoms with Crippen LogP contribution in [0.5, 0.6) is 0 Å². The lowest BCUT2D eigenvalue weighted by Gasteiger charge is -2.26. The lowest BCUT2D eigenvalue weighted by Crippen LogP contribution is -2.41. The van der Waals surface area contributed by atoms with Crippen molar-refractivity contribution in [2.24, 2.45) is 5.73 Å². The van der Waals surface area contributed by atoms with Crippen molar-refractivity contribution in [3.05, 3.63) is 0 Å². The van der Waals surface area contributed by atoms with Gasteiger partial charge in [-0.2, -0.15) is 0 Å². The van der Waals surface area contributed by atoms with E-state index in [4.69, 9.17) is 5.73 Å². The molecule has 0 aromatic carbocycles. The number of hydrogen-bond acceptors (Lipinski definition) is 4. The van der Waals surface area contributed by atoms with Crippen LogP contribution in [0.25, 0.3) is 0 Å². The van der Waals surface area contributed by atoms with Gasteiger partial charge in [0.1, 0.15) is 0 Å². The van der Waals surface area contributed by atoms with E-state index in [2.05, 4.69) is 22.5 Å². The fraction of sp³-hybridized carbons (Fsp3) is 1.00. The molecule has 0 aromatic rings. The molecular weight excluding hydrogens is 200 g/mol. The molecule has 0 spiro atoms. The van der Waals surface area contributed by atoms with Gasteiger partial charge in [0.05, 0.1) is 0 Å². The van der Waals surface area contributed by atoms with E-state index in [9.17, 15) is 0 Å². The van der Waals surface area contributed by atoms with Crippen LogP contribution in [0.15, 0.2) is 0 Å². The predicted molar refractivity (Wildman–Crippen MR) is 69.7 cm³/mol. The lowest BCUT2D eigenvalue weighted by atomic mass is 9.93. The van der Waals surface area contributed by atoms with Gasteiger partial charge in [0, 0.05) is 45.3 Å². The lowest BCUT2D eigenvalue weighted by molar-refractivity contribution is 0.293. The Balaban J connectivity index is 1.82. The Bertz CT molecular complexity index is 159. The fourth-order valence-corrected chi connectivity index (χ4v) is 1.95. The first-order valence-electron chi connectivity index (χ1n) is 6.73. The van der Waals surface area contributed by atoms with Crippen LogP contribution in [0, 0.1) is 0 Å². The zero-order chi connectivity index (χ0) is 11.6. The van der Waals surface area contributed by atoms with E-state index in [0.29, 0.717) is 0 Å². The first-order valence-corrected chi connectivity index (χ1v) is 6.73. The average Bonchev–Trinajstić information content (AvgIpc) is 2.24. The fourth-order valence-electron chi connectivity index (χ4n) is 1.95. The molecule has 4 heteroatoms. The van der Waals surface area contributed by atoms with Crippen molar-refractivity contribution in [2.45, 2.75) is 32.2 Å². The number of nitrogens with one attached hydrogen (secondary N) is 2. The van der Waals surface area contributed by atoms with Crippen LogP contribution in [0.4, 0.5) is 0 Å². The highest BCUT2D eigenvalue weighted by Crippen LogP contribution is 2.17. The first-order chi connectivity index (χ1) is 7.86. The maximum Gasteiger partial charge on any atom is 0.0107 e. The minimum atomic E-state index is 0.761. The molecule has 1 aliphatic carbocycles. The normalized spacial score (nSPS) is 16.7. The second-order valence-electron chi connectivity index (χ2n) is 4.55. The quantitative estimate of drug-likeness (QED) is 0.461. The van der Waals surface area contributed by atoms with Crippen LogP contribution >= 0.6 is 0 Å². The molecule has 0 saturated heterocycles. The van der Waals surface area contributed by atoms with Gasteiger partial charge in [0.2, 0.25) is 0 Å². The van der Waals surface area contributed by atoms with E-state index < -0.39 is 0 Å². The Morgan fingerprint density at radius 3 is 2.56 bits per heavy atom. The van der Waals surface area contributed by atoms with Crippen LogP contribution < -0.4 is 16.4 Å².